The molecule has 0 fully saturated rings. The lowest BCUT2D eigenvalue weighted by atomic mass is 10.2. The zero-order valence-electron chi connectivity index (χ0n) is 13.9. The molecule has 0 aliphatic heterocycles. The van der Waals surface area contributed by atoms with Crippen molar-refractivity contribution >= 4 is 29.1 Å². The van der Waals surface area contributed by atoms with Crippen molar-refractivity contribution in [1.82, 2.24) is 14.7 Å². The van der Waals surface area contributed by atoms with E-state index in [1.54, 1.807) is 28.8 Å². The van der Waals surface area contributed by atoms with E-state index < -0.39 is 0 Å². The second-order valence-electron chi connectivity index (χ2n) is 5.79. The van der Waals surface area contributed by atoms with Crippen LogP contribution in [0.15, 0.2) is 54.6 Å². The van der Waals surface area contributed by atoms with Gasteiger partial charge in [-0.25, -0.2) is 4.68 Å². The van der Waals surface area contributed by atoms with Crippen LogP contribution < -0.4 is 0 Å². The van der Waals surface area contributed by atoms with Gasteiger partial charge in [-0.15, -0.1) is 0 Å². The van der Waals surface area contributed by atoms with Crippen LogP contribution in [-0.4, -0.2) is 27.6 Å². The third kappa shape index (κ3) is 3.70. The van der Waals surface area contributed by atoms with Crippen molar-refractivity contribution < 1.29 is 4.79 Å². The number of hydrogen-bond donors (Lipinski definition) is 0. The fourth-order valence-electron chi connectivity index (χ4n) is 2.60. The number of para-hydroxylation sites is 1. The first-order chi connectivity index (χ1) is 12.0. The molecule has 0 spiro atoms. The zero-order chi connectivity index (χ0) is 18.0. The summed E-state index contributed by atoms with van der Waals surface area (Å²) in [6.45, 7) is 2.28. The van der Waals surface area contributed by atoms with Crippen molar-refractivity contribution in [2.24, 2.45) is 0 Å². The van der Waals surface area contributed by atoms with Gasteiger partial charge in [0, 0.05) is 19.3 Å². The van der Waals surface area contributed by atoms with Crippen LogP contribution in [0.25, 0.3) is 5.69 Å². The number of nitrogens with zero attached hydrogens (tertiary/aromatic N) is 3. The maximum Gasteiger partial charge on any atom is 0.274 e. The Hall–Kier alpha value is -2.30. The number of halogens is 2. The summed E-state index contributed by atoms with van der Waals surface area (Å²) in [5, 5.41) is 5.39. The van der Waals surface area contributed by atoms with Gasteiger partial charge >= 0.3 is 0 Å². The molecule has 0 bridgehead atoms. The molecule has 6 heteroatoms. The van der Waals surface area contributed by atoms with Crippen LogP contribution in [0.5, 0.6) is 0 Å². The average molecular weight is 374 g/mol. The van der Waals surface area contributed by atoms with Gasteiger partial charge in [-0.1, -0.05) is 53.5 Å². The lowest BCUT2D eigenvalue weighted by molar-refractivity contribution is 0.0779. The first kappa shape index (κ1) is 17.5. The molecule has 0 radical (unpaired) electrons. The van der Waals surface area contributed by atoms with Crippen molar-refractivity contribution in [1.29, 1.82) is 0 Å². The van der Waals surface area contributed by atoms with E-state index in [9.17, 15) is 4.79 Å². The molecule has 1 aromatic heterocycles. The van der Waals surface area contributed by atoms with E-state index in [2.05, 4.69) is 5.10 Å². The highest BCUT2D eigenvalue weighted by Gasteiger charge is 2.18. The minimum Gasteiger partial charge on any atom is -0.336 e. The number of benzene rings is 2. The Kier molecular flexibility index (Phi) is 5.11. The van der Waals surface area contributed by atoms with Gasteiger partial charge in [0.25, 0.3) is 5.91 Å². The second-order valence-corrected chi connectivity index (χ2v) is 6.58. The molecule has 1 amide bonds. The summed E-state index contributed by atoms with van der Waals surface area (Å²) < 4.78 is 1.76. The summed E-state index contributed by atoms with van der Waals surface area (Å²) >= 11 is 12.2. The van der Waals surface area contributed by atoms with E-state index in [1.807, 2.05) is 49.4 Å². The molecular weight excluding hydrogens is 357 g/mol. The maximum atomic E-state index is 12.7. The largest absolute Gasteiger partial charge is 0.336 e. The Balaban J connectivity index is 1.82. The number of aromatic nitrogens is 2. The van der Waals surface area contributed by atoms with Crippen LogP contribution in [0.3, 0.4) is 0 Å². The van der Waals surface area contributed by atoms with E-state index in [-0.39, 0.29) is 5.91 Å². The fraction of sp³-hybridized carbons (Fsp3) is 0.158. The molecule has 4 nitrogen and oxygen atoms in total. The van der Waals surface area contributed by atoms with E-state index >= 15 is 0 Å². The predicted molar refractivity (Wildman–Crippen MR) is 101 cm³/mol. The summed E-state index contributed by atoms with van der Waals surface area (Å²) in [5.74, 6) is -0.172. The Morgan fingerprint density at radius 3 is 2.56 bits per heavy atom. The van der Waals surface area contributed by atoms with Crippen LogP contribution in [0.4, 0.5) is 0 Å². The van der Waals surface area contributed by atoms with Crippen molar-refractivity contribution in [3.8, 4) is 5.69 Å². The quantitative estimate of drug-likeness (QED) is 0.661. The van der Waals surface area contributed by atoms with Crippen LogP contribution in [0, 0.1) is 6.92 Å². The Morgan fingerprint density at radius 2 is 1.84 bits per heavy atom. The van der Waals surface area contributed by atoms with Crippen molar-refractivity contribution in [2.45, 2.75) is 13.5 Å². The highest BCUT2D eigenvalue weighted by molar-refractivity contribution is 6.42. The summed E-state index contributed by atoms with van der Waals surface area (Å²) in [7, 11) is 1.72. The fourth-order valence-corrected chi connectivity index (χ4v) is 2.98. The molecule has 2 aromatic carbocycles. The van der Waals surface area contributed by atoms with E-state index in [0.717, 1.165) is 16.9 Å². The highest BCUT2D eigenvalue weighted by atomic mass is 35.5. The maximum absolute atomic E-state index is 12.7. The first-order valence-electron chi connectivity index (χ1n) is 7.78. The van der Waals surface area contributed by atoms with Crippen LogP contribution >= 0.6 is 23.2 Å². The molecule has 0 N–H and O–H groups in total. The van der Waals surface area contributed by atoms with Crippen molar-refractivity contribution in [2.75, 3.05) is 7.05 Å². The van der Waals surface area contributed by atoms with Crippen molar-refractivity contribution in [3.63, 3.8) is 0 Å². The lowest BCUT2D eigenvalue weighted by Gasteiger charge is -2.17. The van der Waals surface area contributed by atoms with Gasteiger partial charge < -0.3 is 4.90 Å². The smallest absolute Gasteiger partial charge is 0.274 e. The molecule has 0 aliphatic carbocycles. The molecule has 0 unspecified atom stereocenters. The minimum absolute atomic E-state index is 0.172. The van der Waals surface area contributed by atoms with Crippen LogP contribution in [0.2, 0.25) is 10.0 Å². The Labute approximate surface area is 156 Å². The molecular formula is C19H17Cl2N3O. The predicted octanol–water partition coefficient (Wildman–Crippen LogP) is 4.76. The van der Waals surface area contributed by atoms with E-state index in [4.69, 9.17) is 23.2 Å². The molecule has 128 valence electrons. The summed E-state index contributed by atoms with van der Waals surface area (Å²) in [5.41, 5.74) is 2.99. The van der Waals surface area contributed by atoms with Gasteiger partial charge in [0.2, 0.25) is 0 Å². The summed E-state index contributed by atoms with van der Waals surface area (Å²) in [4.78, 5) is 14.3. The standard InChI is InChI=1S/C19H17Cl2N3O/c1-13-11-17(22-24(13)15-8-4-3-5-9-15)19(25)23(2)12-14-7-6-10-16(20)18(14)21/h3-11H,12H2,1-2H3. The lowest BCUT2D eigenvalue weighted by Crippen LogP contribution is -2.26. The highest BCUT2D eigenvalue weighted by Crippen LogP contribution is 2.26. The van der Waals surface area contributed by atoms with Gasteiger partial charge in [0.05, 0.1) is 15.7 Å². The molecule has 0 saturated carbocycles. The number of carbonyl (C=O) groups is 1. The normalized spacial score (nSPS) is 10.7. The van der Waals surface area contributed by atoms with Crippen LogP contribution in [-0.2, 0) is 6.54 Å². The molecule has 0 aliphatic rings. The Bertz CT molecular complexity index is 906. The van der Waals surface area contributed by atoms with Gasteiger partial charge in [0.15, 0.2) is 5.69 Å². The Morgan fingerprint density at radius 1 is 1.12 bits per heavy atom. The second kappa shape index (κ2) is 7.30. The van der Waals surface area contributed by atoms with E-state index in [0.29, 0.717) is 22.3 Å². The van der Waals surface area contributed by atoms with Gasteiger partial charge in [-0.2, -0.15) is 5.10 Å². The topological polar surface area (TPSA) is 38.1 Å². The van der Waals surface area contributed by atoms with Crippen LogP contribution in [0.1, 0.15) is 21.7 Å². The molecule has 1 heterocycles. The molecule has 0 atom stereocenters. The number of hydrogen-bond acceptors (Lipinski definition) is 2. The minimum atomic E-state index is -0.172. The number of aryl methyl sites for hydroxylation is 1. The average Bonchev–Trinajstić information content (AvgIpc) is 3.00. The molecule has 0 saturated heterocycles. The van der Waals surface area contributed by atoms with E-state index in [1.165, 1.54) is 0 Å². The SMILES string of the molecule is Cc1cc(C(=O)N(C)Cc2cccc(Cl)c2Cl)nn1-c1ccccc1. The zero-order valence-corrected chi connectivity index (χ0v) is 15.4. The third-order valence-electron chi connectivity index (χ3n) is 3.89. The third-order valence-corrected chi connectivity index (χ3v) is 4.75. The van der Waals surface area contributed by atoms with Gasteiger partial charge in [-0.3, -0.25) is 4.79 Å². The monoisotopic (exact) mass is 373 g/mol. The number of rotatable bonds is 4. The first-order valence-corrected chi connectivity index (χ1v) is 8.53. The number of amides is 1. The van der Waals surface area contributed by atoms with Gasteiger partial charge in [-0.05, 0) is 36.8 Å². The van der Waals surface area contributed by atoms with Gasteiger partial charge in [0.1, 0.15) is 0 Å². The molecule has 3 rings (SSSR count). The summed E-state index contributed by atoms with van der Waals surface area (Å²) in [6, 6.07) is 16.9. The summed E-state index contributed by atoms with van der Waals surface area (Å²) in [6.07, 6.45) is 0. The van der Waals surface area contributed by atoms with Crippen molar-refractivity contribution in [3.05, 3.63) is 81.6 Å². The number of carbonyl (C=O) groups excluding carboxylic acids is 1. The molecule has 3 aromatic rings. The molecule has 25 heavy (non-hydrogen) atoms.